The van der Waals surface area contributed by atoms with Gasteiger partial charge in [-0.15, -0.1) is 0 Å². The molecule has 2 aromatic rings. The first-order valence-corrected chi connectivity index (χ1v) is 6.58. The van der Waals surface area contributed by atoms with E-state index >= 15 is 0 Å². The zero-order chi connectivity index (χ0) is 14.4. The van der Waals surface area contributed by atoms with Crippen molar-refractivity contribution < 1.29 is 9.53 Å². The van der Waals surface area contributed by atoms with Gasteiger partial charge in [0.25, 0.3) is 0 Å². The number of rotatable bonds is 5. The molecular weight excluding hydrogens is 248 g/mol. The third-order valence-electron chi connectivity index (χ3n) is 3.04. The van der Waals surface area contributed by atoms with Gasteiger partial charge in [-0.2, -0.15) is 0 Å². The van der Waals surface area contributed by atoms with E-state index in [0.29, 0.717) is 6.42 Å². The van der Waals surface area contributed by atoms with Crippen molar-refractivity contribution in [2.45, 2.75) is 13.3 Å². The zero-order valence-electron chi connectivity index (χ0n) is 11.8. The van der Waals surface area contributed by atoms with Crippen LogP contribution < -0.4 is 4.74 Å². The van der Waals surface area contributed by atoms with Crippen molar-refractivity contribution >= 4 is 17.9 Å². The van der Waals surface area contributed by atoms with E-state index in [1.54, 1.807) is 14.0 Å². The minimum Gasteiger partial charge on any atom is -0.497 e. The van der Waals surface area contributed by atoms with Crippen LogP contribution in [0.1, 0.15) is 23.6 Å². The number of carbonyl (C=O) groups is 1. The van der Waals surface area contributed by atoms with Crippen LogP contribution in [-0.2, 0) is 11.2 Å². The molecule has 2 heteroatoms. The van der Waals surface area contributed by atoms with Gasteiger partial charge in [-0.05, 0) is 35.7 Å². The molecule has 0 heterocycles. The van der Waals surface area contributed by atoms with Gasteiger partial charge in [-0.3, -0.25) is 4.79 Å². The molecule has 0 atom stereocenters. The van der Waals surface area contributed by atoms with Crippen LogP contribution in [-0.4, -0.2) is 12.9 Å². The van der Waals surface area contributed by atoms with E-state index in [0.717, 1.165) is 22.4 Å². The molecule has 20 heavy (non-hydrogen) atoms. The van der Waals surface area contributed by atoms with Crippen LogP contribution in [0.25, 0.3) is 12.2 Å². The lowest BCUT2D eigenvalue weighted by molar-refractivity contribution is -0.116. The smallest absolute Gasteiger partial charge is 0.134 e. The second-order valence-electron chi connectivity index (χ2n) is 4.69. The summed E-state index contributed by atoms with van der Waals surface area (Å²) in [4.78, 5) is 11.4. The molecule has 0 amide bonds. The van der Waals surface area contributed by atoms with Gasteiger partial charge in [0, 0.05) is 6.42 Å². The summed E-state index contributed by atoms with van der Waals surface area (Å²) in [7, 11) is 1.63. The van der Waals surface area contributed by atoms with Crippen molar-refractivity contribution in [3.05, 3.63) is 65.2 Å². The highest BCUT2D eigenvalue weighted by molar-refractivity contribution is 5.81. The quantitative estimate of drug-likeness (QED) is 0.765. The van der Waals surface area contributed by atoms with E-state index in [4.69, 9.17) is 4.74 Å². The molecule has 0 saturated heterocycles. The molecule has 0 aliphatic heterocycles. The second kappa shape index (κ2) is 6.71. The third-order valence-corrected chi connectivity index (χ3v) is 3.04. The minimum atomic E-state index is 0.146. The van der Waals surface area contributed by atoms with Crippen LogP contribution in [0.4, 0.5) is 0 Å². The summed E-state index contributed by atoms with van der Waals surface area (Å²) in [5.74, 6) is 0.922. The summed E-state index contributed by atoms with van der Waals surface area (Å²) in [5.41, 5.74) is 3.17. The zero-order valence-corrected chi connectivity index (χ0v) is 11.8. The number of carbonyl (C=O) groups excluding carboxylic acids is 1. The van der Waals surface area contributed by atoms with Crippen molar-refractivity contribution in [1.82, 2.24) is 0 Å². The van der Waals surface area contributed by atoms with Crippen LogP contribution >= 0.6 is 0 Å². The Kier molecular flexibility index (Phi) is 4.72. The Morgan fingerprint density at radius 1 is 1.10 bits per heavy atom. The Morgan fingerprint density at radius 3 is 2.50 bits per heavy atom. The van der Waals surface area contributed by atoms with Gasteiger partial charge >= 0.3 is 0 Å². The first-order valence-electron chi connectivity index (χ1n) is 6.58. The van der Waals surface area contributed by atoms with Gasteiger partial charge in [-0.1, -0.05) is 48.6 Å². The molecule has 0 spiro atoms. The molecular formula is C18H18O2. The number of Topliss-reactive ketones (excluding diaryl/α,β-unsaturated/α-hetero) is 1. The van der Waals surface area contributed by atoms with Crippen LogP contribution in [0.15, 0.2) is 48.5 Å². The maximum atomic E-state index is 11.4. The molecule has 0 aliphatic rings. The number of methoxy groups -OCH3 is 1. The van der Waals surface area contributed by atoms with Gasteiger partial charge in [0.05, 0.1) is 7.11 Å². The highest BCUT2D eigenvalue weighted by Crippen LogP contribution is 2.20. The first-order chi connectivity index (χ1) is 9.69. The normalized spacial score (nSPS) is 10.7. The fourth-order valence-corrected chi connectivity index (χ4v) is 2.04. The van der Waals surface area contributed by atoms with E-state index in [-0.39, 0.29) is 5.78 Å². The molecule has 2 aromatic carbocycles. The maximum absolute atomic E-state index is 11.4. The van der Waals surface area contributed by atoms with Gasteiger partial charge in [-0.25, -0.2) is 0 Å². The summed E-state index contributed by atoms with van der Waals surface area (Å²) in [6, 6.07) is 15.9. The largest absolute Gasteiger partial charge is 0.497 e. The number of hydrogen-bond donors (Lipinski definition) is 0. The van der Waals surface area contributed by atoms with Gasteiger partial charge < -0.3 is 4.74 Å². The van der Waals surface area contributed by atoms with Crippen LogP contribution in [0.3, 0.4) is 0 Å². The van der Waals surface area contributed by atoms with Crippen molar-refractivity contribution in [3.8, 4) is 5.75 Å². The molecule has 0 fully saturated rings. The second-order valence-corrected chi connectivity index (χ2v) is 4.69. The topological polar surface area (TPSA) is 26.3 Å². The monoisotopic (exact) mass is 266 g/mol. The van der Waals surface area contributed by atoms with Crippen LogP contribution in [0, 0.1) is 0 Å². The predicted molar refractivity (Wildman–Crippen MR) is 82.7 cm³/mol. The fraction of sp³-hybridized carbons (Fsp3) is 0.167. The van der Waals surface area contributed by atoms with E-state index in [2.05, 4.69) is 0 Å². The van der Waals surface area contributed by atoms with E-state index in [1.807, 2.05) is 60.7 Å². The molecule has 0 N–H and O–H groups in total. The van der Waals surface area contributed by atoms with Gasteiger partial charge in [0.2, 0.25) is 0 Å². The lowest BCUT2D eigenvalue weighted by Crippen LogP contribution is -1.99. The number of benzene rings is 2. The molecule has 0 bridgehead atoms. The van der Waals surface area contributed by atoms with Crippen molar-refractivity contribution in [2.24, 2.45) is 0 Å². The summed E-state index contributed by atoms with van der Waals surface area (Å²) in [6.07, 6.45) is 4.50. The van der Waals surface area contributed by atoms with Crippen molar-refractivity contribution in [3.63, 3.8) is 0 Å². The average Bonchev–Trinajstić information content (AvgIpc) is 2.46. The summed E-state index contributed by atoms with van der Waals surface area (Å²) < 4.78 is 5.22. The molecule has 0 saturated carbocycles. The Morgan fingerprint density at radius 2 is 1.85 bits per heavy atom. The summed E-state index contributed by atoms with van der Waals surface area (Å²) >= 11 is 0. The van der Waals surface area contributed by atoms with Crippen molar-refractivity contribution in [1.29, 1.82) is 0 Å². The molecule has 102 valence electrons. The maximum Gasteiger partial charge on any atom is 0.134 e. The van der Waals surface area contributed by atoms with E-state index in [1.165, 1.54) is 0 Å². The molecule has 0 radical (unpaired) electrons. The van der Waals surface area contributed by atoms with Crippen LogP contribution in [0.5, 0.6) is 5.75 Å². The summed E-state index contributed by atoms with van der Waals surface area (Å²) in [6.45, 7) is 1.60. The lowest BCUT2D eigenvalue weighted by Gasteiger charge is -2.07. The molecule has 2 nitrogen and oxygen atoms in total. The first kappa shape index (κ1) is 14.1. The molecule has 0 aliphatic carbocycles. The minimum absolute atomic E-state index is 0.146. The fourth-order valence-electron chi connectivity index (χ4n) is 2.04. The number of ketones is 1. The van der Waals surface area contributed by atoms with E-state index < -0.39 is 0 Å². The van der Waals surface area contributed by atoms with Gasteiger partial charge in [0.1, 0.15) is 11.5 Å². The predicted octanol–water partition coefficient (Wildman–Crippen LogP) is 4.00. The molecule has 2 rings (SSSR count). The van der Waals surface area contributed by atoms with Crippen molar-refractivity contribution in [2.75, 3.05) is 7.11 Å². The average molecular weight is 266 g/mol. The Bertz CT molecular complexity index is 613. The third kappa shape index (κ3) is 3.82. The number of hydrogen-bond acceptors (Lipinski definition) is 2. The Labute approximate surface area is 119 Å². The highest BCUT2D eigenvalue weighted by atomic mass is 16.5. The Balaban J connectivity index is 2.30. The van der Waals surface area contributed by atoms with E-state index in [9.17, 15) is 4.79 Å². The molecule has 0 aromatic heterocycles. The van der Waals surface area contributed by atoms with Crippen LogP contribution in [0.2, 0.25) is 0 Å². The SMILES string of the molecule is COc1ccc(C=Cc2ccccc2)c(CC(C)=O)c1. The highest BCUT2D eigenvalue weighted by Gasteiger charge is 2.05. The Hall–Kier alpha value is -2.35. The standard InChI is InChI=1S/C18H18O2/c1-14(19)12-17-13-18(20-2)11-10-16(17)9-8-15-6-4-3-5-7-15/h3-11,13H,12H2,1-2H3. The molecule has 0 unspecified atom stereocenters. The lowest BCUT2D eigenvalue weighted by atomic mass is 10.0. The summed E-state index contributed by atoms with van der Waals surface area (Å²) in [5, 5.41) is 0. The van der Waals surface area contributed by atoms with Gasteiger partial charge in [0.15, 0.2) is 0 Å². The number of ether oxygens (including phenoxy) is 1.